The molecule has 0 bridgehead atoms. The third-order valence-corrected chi connectivity index (χ3v) is 4.45. The van der Waals surface area contributed by atoms with Crippen LogP contribution in [0, 0.1) is 5.41 Å². The summed E-state index contributed by atoms with van der Waals surface area (Å²) in [5.41, 5.74) is -1.98. The standard InChI is InChI=1S/C17H22ClNO4/c1-16(2,23-13-7-5-12(18)6-8-13)14(20)19-10-4-9-17(3,11-19)15(21)22/h5-8H,4,9-11H2,1-3H3,(H,21,22). The number of aliphatic carboxylic acids is 1. The van der Waals surface area contributed by atoms with Crippen molar-refractivity contribution in [2.45, 2.75) is 39.2 Å². The van der Waals surface area contributed by atoms with Gasteiger partial charge in [-0.15, -0.1) is 0 Å². The van der Waals surface area contributed by atoms with Gasteiger partial charge in [0.15, 0.2) is 5.60 Å². The van der Waals surface area contributed by atoms with Crippen molar-refractivity contribution < 1.29 is 19.4 Å². The summed E-state index contributed by atoms with van der Waals surface area (Å²) in [6.07, 6.45) is 1.25. The summed E-state index contributed by atoms with van der Waals surface area (Å²) in [4.78, 5) is 25.8. The molecule has 23 heavy (non-hydrogen) atoms. The number of rotatable bonds is 4. The summed E-state index contributed by atoms with van der Waals surface area (Å²) in [7, 11) is 0. The van der Waals surface area contributed by atoms with Gasteiger partial charge in [0.05, 0.1) is 5.41 Å². The third-order valence-electron chi connectivity index (χ3n) is 4.20. The first-order valence-corrected chi connectivity index (χ1v) is 7.99. The summed E-state index contributed by atoms with van der Waals surface area (Å²) in [5, 5.41) is 9.97. The third kappa shape index (κ3) is 3.96. The van der Waals surface area contributed by atoms with Crippen LogP contribution in [0.3, 0.4) is 0 Å². The van der Waals surface area contributed by atoms with Crippen LogP contribution >= 0.6 is 11.6 Å². The molecule has 1 N–H and O–H groups in total. The minimum Gasteiger partial charge on any atom is -0.481 e. The number of carboxylic acids is 1. The van der Waals surface area contributed by atoms with Crippen molar-refractivity contribution in [3.05, 3.63) is 29.3 Å². The van der Waals surface area contributed by atoms with Crippen LogP contribution in [0.25, 0.3) is 0 Å². The van der Waals surface area contributed by atoms with E-state index in [1.807, 2.05) is 0 Å². The number of amides is 1. The van der Waals surface area contributed by atoms with Crippen molar-refractivity contribution in [3.8, 4) is 5.75 Å². The largest absolute Gasteiger partial charge is 0.481 e. The predicted molar refractivity (Wildman–Crippen MR) is 87.7 cm³/mol. The van der Waals surface area contributed by atoms with E-state index < -0.39 is 17.0 Å². The molecule has 0 aliphatic carbocycles. The Balaban J connectivity index is 2.11. The predicted octanol–water partition coefficient (Wildman–Crippen LogP) is 3.21. The van der Waals surface area contributed by atoms with E-state index in [1.54, 1.807) is 49.9 Å². The van der Waals surface area contributed by atoms with Gasteiger partial charge < -0.3 is 14.7 Å². The first-order chi connectivity index (χ1) is 10.6. The number of hydrogen-bond donors (Lipinski definition) is 1. The molecule has 6 heteroatoms. The average molecular weight is 340 g/mol. The van der Waals surface area contributed by atoms with E-state index in [4.69, 9.17) is 16.3 Å². The van der Waals surface area contributed by atoms with Gasteiger partial charge in [0.2, 0.25) is 0 Å². The molecule has 126 valence electrons. The summed E-state index contributed by atoms with van der Waals surface area (Å²) in [6, 6.07) is 6.80. The molecule has 0 aromatic heterocycles. The molecule has 1 saturated heterocycles. The maximum atomic E-state index is 12.8. The molecule has 1 amide bonds. The van der Waals surface area contributed by atoms with Crippen LogP contribution < -0.4 is 4.74 Å². The minimum atomic E-state index is -1.08. The molecule has 1 fully saturated rings. The van der Waals surface area contributed by atoms with Crippen LogP contribution in [-0.2, 0) is 9.59 Å². The number of carboxylic acid groups (broad SMARTS) is 1. The molecule has 1 aliphatic rings. The van der Waals surface area contributed by atoms with E-state index in [-0.39, 0.29) is 12.5 Å². The van der Waals surface area contributed by atoms with Crippen molar-refractivity contribution >= 4 is 23.5 Å². The van der Waals surface area contributed by atoms with Crippen LogP contribution in [0.15, 0.2) is 24.3 Å². The maximum Gasteiger partial charge on any atom is 0.311 e. The Hall–Kier alpha value is -1.75. The number of ether oxygens (including phenoxy) is 1. The summed E-state index contributed by atoms with van der Waals surface area (Å²) in [5.74, 6) is -0.531. The van der Waals surface area contributed by atoms with Crippen molar-refractivity contribution in [2.75, 3.05) is 13.1 Å². The first-order valence-electron chi connectivity index (χ1n) is 7.61. The Morgan fingerprint density at radius 1 is 1.30 bits per heavy atom. The molecule has 1 aromatic rings. The van der Waals surface area contributed by atoms with Crippen molar-refractivity contribution in [1.82, 2.24) is 4.90 Å². The Kier molecular flexibility index (Phi) is 4.90. The van der Waals surface area contributed by atoms with Crippen molar-refractivity contribution in [3.63, 3.8) is 0 Å². The summed E-state index contributed by atoms with van der Waals surface area (Å²) in [6.45, 7) is 5.82. The number of halogens is 1. The lowest BCUT2D eigenvalue weighted by Crippen LogP contribution is -2.55. The van der Waals surface area contributed by atoms with E-state index in [1.165, 1.54) is 0 Å². The van der Waals surface area contributed by atoms with E-state index in [0.29, 0.717) is 30.2 Å². The monoisotopic (exact) mass is 339 g/mol. The number of carbonyl (C=O) groups is 2. The van der Waals surface area contributed by atoms with Crippen LogP contribution in [0.4, 0.5) is 0 Å². The molecule has 1 atom stereocenters. The number of carbonyl (C=O) groups excluding carboxylic acids is 1. The second kappa shape index (κ2) is 6.40. The van der Waals surface area contributed by atoms with Gasteiger partial charge in [-0.05, 0) is 57.9 Å². The fraction of sp³-hybridized carbons (Fsp3) is 0.529. The van der Waals surface area contributed by atoms with Gasteiger partial charge in [0.25, 0.3) is 5.91 Å². The van der Waals surface area contributed by atoms with Crippen LogP contribution in [0.1, 0.15) is 33.6 Å². The second-order valence-corrected chi connectivity index (χ2v) is 7.20. The maximum absolute atomic E-state index is 12.8. The summed E-state index contributed by atoms with van der Waals surface area (Å²) < 4.78 is 5.80. The van der Waals surface area contributed by atoms with E-state index in [0.717, 1.165) is 0 Å². The Morgan fingerprint density at radius 3 is 2.48 bits per heavy atom. The lowest BCUT2D eigenvalue weighted by Gasteiger charge is -2.40. The average Bonchev–Trinajstić information content (AvgIpc) is 2.48. The Bertz CT molecular complexity index is 599. The van der Waals surface area contributed by atoms with Gasteiger partial charge in [-0.25, -0.2) is 0 Å². The molecule has 1 aliphatic heterocycles. The molecule has 0 saturated carbocycles. The first kappa shape index (κ1) is 17.6. The van der Waals surface area contributed by atoms with Crippen LogP contribution in [0.2, 0.25) is 5.02 Å². The van der Waals surface area contributed by atoms with E-state index in [2.05, 4.69) is 0 Å². The van der Waals surface area contributed by atoms with Crippen molar-refractivity contribution in [2.24, 2.45) is 5.41 Å². The summed E-state index contributed by atoms with van der Waals surface area (Å²) >= 11 is 5.84. The highest BCUT2D eigenvalue weighted by Crippen LogP contribution is 2.31. The van der Waals surface area contributed by atoms with Gasteiger partial charge in [0.1, 0.15) is 5.75 Å². The smallest absolute Gasteiger partial charge is 0.311 e. The SMILES string of the molecule is CC1(C(=O)O)CCCN(C(=O)C(C)(C)Oc2ccc(Cl)cc2)C1. The van der Waals surface area contributed by atoms with Crippen LogP contribution in [-0.4, -0.2) is 40.6 Å². The fourth-order valence-electron chi connectivity index (χ4n) is 2.81. The number of likely N-dealkylation sites (tertiary alicyclic amines) is 1. The number of hydrogen-bond acceptors (Lipinski definition) is 3. The second-order valence-electron chi connectivity index (χ2n) is 6.76. The van der Waals surface area contributed by atoms with Gasteiger partial charge in [-0.3, -0.25) is 9.59 Å². The van der Waals surface area contributed by atoms with Gasteiger partial charge in [-0.2, -0.15) is 0 Å². The molecular weight excluding hydrogens is 318 g/mol. The highest BCUT2D eigenvalue weighted by atomic mass is 35.5. The van der Waals surface area contributed by atoms with E-state index >= 15 is 0 Å². The number of piperidine rings is 1. The zero-order valence-corrected chi connectivity index (χ0v) is 14.4. The highest BCUT2D eigenvalue weighted by molar-refractivity contribution is 6.30. The molecular formula is C17H22ClNO4. The normalized spacial score (nSPS) is 21.8. The Labute approximate surface area is 141 Å². The van der Waals surface area contributed by atoms with Gasteiger partial charge in [0, 0.05) is 18.1 Å². The topological polar surface area (TPSA) is 66.8 Å². The Morgan fingerprint density at radius 2 is 1.91 bits per heavy atom. The zero-order valence-electron chi connectivity index (χ0n) is 13.6. The number of nitrogens with zero attached hydrogens (tertiary/aromatic N) is 1. The quantitative estimate of drug-likeness (QED) is 0.914. The molecule has 2 rings (SSSR count). The lowest BCUT2D eigenvalue weighted by atomic mass is 9.81. The van der Waals surface area contributed by atoms with Crippen LogP contribution in [0.5, 0.6) is 5.75 Å². The van der Waals surface area contributed by atoms with Gasteiger partial charge >= 0.3 is 5.97 Å². The lowest BCUT2D eigenvalue weighted by molar-refractivity contribution is -0.158. The number of benzene rings is 1. The molecule has 1 unspecified atom stereocenters. The molecule has 0 spiro atoms. The van der Waals surface area contributed by atoms with E-state index in [9.17, 15) is 14.7 Å². The molecule has 1 heterocycles. The molecule has 1 aromatic carbocycles. The molecule has 5 nitrogen and oxygen atoms in total. The highest BCUT2D eigenvalue weighted by Gasteiger charge is 2.43. The molecule has 0 radical (unpaired) electrons. The zero-order chi connectivity index (χ0) is 17.3. The van der Waals surface area contributed by atoms with Crippen molar-refractivity contribution in [1.29, 1.82) is 0 Å². The minimum absolute atomic E-state index is 0.203. The van der Waals surface area contributed by atoms with Gasteiger partial charge in [-0.1, -0.05) is 11.6 Å². The fourth-order valence-corrected chi connectivity index (χ4v) is 2.94.